The van der Waals surface area contributed by atoms with Crippen LogP contribution in [0.15, 0.2) is 52.4 Å². The molecule has 0 saturated carbocycles. The second-order valence-corrected chi connectivity index (χ2v) is 5.51. The summed E-state index contributed by atoms with van der Waals surface area (Å²) in [6, 6.07) is 13.2. The molecule has 1 aromatic heterocycles. The van der Waals surface area contributed by atoms with Crippen LogP contribution in [0.4, 0.5) is 5.69 Å². The standard InChI is InChI=1S/C17H16ClN5O/c1-2-15(24)23-22-14-10-19-16(11-6-4-3-5-7-11)17-12(20-14)8-9-13(18)21-17/h3-9H,2,10H2,1H3,(H,20,22)(H,23,24). The molecule has 1 amide bonds. The van der Waals surface area contributed by atoms with Crippen LogP contribution >= 0.6 is 11.6 Å². The van der Waals surface area contributed by atoms with Gasteiger partial charge in [-0.05, 0) is 12.1 Å². The van der Waals surface area contributed by atoms with Gasteiger partial charge in [0, 0.05) is 12.0 Å². The van der Waals surface area contributed by atoms with E-state index >= 15 is 0 Å². The number of amidine groups is 1. The first kappa shape index (κ1) is 16.1. The van der Waals surface area contributed by atoms with E-state index in [4.69, 9.17) is 11.6 Å². The fraction of sp³-hybridized carbons (Fsp3) is 0.176. The number of aliphatic imine (C=N–C) groups is 2. The first-order chi connectivity index (χ1) is 11.7. The molecule has 0 fully saturated rings. The van der Waals surface area contributed by atoms with Crippen LogP contribution in [0.1, 0.15) is 24.6 Å². The van der Waals surface area contributed by atoms with Crippen molar-refractivity contribution in [3.8, 4) is 0 Å². The highest BCUT2D eigenvalue weighted by Gasteiger charge is 2.18. The number of fused-ring (bicyclic) bond motifs is 1. The van der Waals surface area contributed by atoms with Crippen LogP contribution in [-0.2, 0) is 4.79 Å². The van der Waals surface area contributed by atoms with Gasteiger partial charge in [-0.3, -0.25) is 20.6 Å². The number of nitrogens with zero attached hydrogens (tertiary/aromatic N) is 3. The Labute approximate surface area is 144 Å². The third kappa shape index (κ3) is 3.60. The number of aromatic nitrogens is 1. The van der Waals surface area contributed by atoms with Gasteiger partial charge >= 0.3 is 0 Å². The fourth-order valence-electron chi connectivity index (χ4n) is 2.22. The van der Waals surface area contributed by atoms with E-state index in [1.54, 1.807) is 19.1 Å². The first-order valence-electron chi connectivity index (χ1n) is 7.56. The van der Waals surface area contributed by atoms with E-state index in [1.165, 1.54) is 0 Å². The predicted octanol–water partition coefficient (Wildman–Crippen LogP) is 2.65. The summed E-state index contributed by atoms with van der Waals surface area (Å²) in [5.74, 6) is 0.414. The number of amides is 1. The number of carbonyl (C=O) groups is 1. The summed E-state index contributed by atoms with van der Waals surface area (Å²) in [4.78, 5) is 24.9. The monoisotopic (exact) mass is 341 g/mol. The summed E-state index contributed by atoms with van der Waals surface area (Å²) in [6.07, 6.45) is 0.382. The number of benzene rings is 1. The average Bonchev–Trinajstić information content (AvgIpc) is 2.79. The lowest BCUT2D eigenvalue weighted by molar-refractivity contribution is -0.121. The highest BCUT2D eigenvalue weighted by Crippen LogP contribution is 2.25. The highest BCUT2D eigenvalue weighted by atomic mass is 35.5. The van der Waals surface area contributed by atoms with E-state index in [2.05, 4.69) is 25.8 Å². The number of nitrogens with one attached hydrogen (secondary N) is 2. The summed E-state index contributed by atoms with van der Waals surface area (Å²) in [6.45, 7) is 2.07. The van der Waals surface area contributed by atoms with Crippen molar-refractivity contribution in [3.05, 3.63) is 58.9 Å². The summed E-state index contributed by atoms with van der Waals surface area (Å²) < 4.78 is 0. The van der Waals surface area contributed by atoms with Gasteiger partial charge in [0.1, 0.15) is 16.7 Å². The quantitative estimate of drug-likeness (QED) is 0.651. The van der Waals surface area contributed by atoms with Crippen molar-refractivity contribution in [2.75, 3.05) is 6.54 Å². The molecule has 0 aliphatic carbocycles. The molecule has 1 aromatic carbocycles. The molecular weight excluding hydrogens is 326 g/mol. The zero-order valence-corrected chi connectivity index (χ0v) is 13.8. The van der Waals surface area contributed by atoms with Crippen LogP contribution in [0.3, 0.4) is 0 Å². The Morgan fingerprint density at radius 2 is 2.00 bits per heavy atom. The fourth-order valence-corrected chi connectivity index (χ4v) is 2.37. The Kier molecular flexibility index (Phi) is 4.86. The van der Waals surface area contributed by atoms with Crippen LogP contribution in [0, 0.1) is 0 Å². The molecule has 1 aliphatic rings. The molecule has 2 aromatic rings. The first-order valence-corrected chi connectivity index (χ1v) is 7.94. The molecule has 6 nitrogen and oxygen atoms in total. The predicted molar refractivity (Wildman–Crippen MR) is 94.9 cm³/mol. The van der Waals surface area contributed by atoms with Crippen molar-refractivity contribution in [1.82, 2.24) is 15.8 Å². The van der Waals surface area contributed by atoms with Crippen molar-refractivity contribution < 1.29 is 4.79 Å². The molecule has 7 heteroatoms. The van der Waals surface area contributed by atoms with Crippen LogP contribution < -0.4 is 10.9 Å². The Hall–Kier alpha value is -2.73. The maximum absolute atomic E-state index is 11.4. The maximum Gasteiger partial charge on any atom is 0.238 e. The minimum Gasteiger partial charge on any atom is -0.284 e. The van der Waals surface area contributed by atoms with Crippen LogP contribution in [0.2, 0.25) is 5.15 Å². The number of halogens is 1. The molecule has 1 aliphatic heterocycles. The highest BCUT2D eigenvalue weighted by molar-refractivity contribution is 6.30. The lowest BCUT2D eigenvalue weighted by Gasteiger charge is -2.08. The molecule has 0 bridgehead atoms. The van der Waals surface area contributed by atoms with Gasteiger partial charge in [0.15, 0.2) is 0 Å². The van der Waals surface area contributed by atoms with Gasteiger partial charge in [0.2, 0.25) is 5.91 Å². The Balaban J connectivity index is 1.99. The zero-order chi connectivity index (χ0) is 16.9. The normalized spacial score (nSPS) is 13.2. The van der Waals surface area contributed by atoms with Gasteiger partial charge < -0.3 is 0 Å². The van der Waals surface area contributed by atoms with E-state index in [1.807, 2.05) is 30.3 Å². The van der Waals surface area contributed by atoms with E-state index in [-0.39, 0.29) is 5.91 Å². The lowest BCUT2D eigenvalue weighted by atomic mass is 10.1. The molecule has 0 unspecified atom stereocenters. The molecular formula is C17H16ClN5O. The molecule has 24 heavy (non-hydrogen) atoms. The van der Waals surface area contributed by atoms with E-state index in [9.17, 15) is 4.79 Å². The van der Waals surface area contributed by atoms with Gasteiger partial charge in [-0.2, -0.15) is 0 Å². The molecule has 0 saturated heterocycles. The molecule has 2 heterocycles. The third-order valence-corrected chi connectivity index (χ3v) is 3.63. The molecule has 122 valence electrons. The number of hydrogen-bond acceptors (Lipinski definition) is 5. The van der Waals surface area contributed by atoms with Crippen molar-refractivity contribution in [2.24, 2.45) is 9.98 Å². The maximum atomic E-state index is 11.4. The average molecular weight is 342 g/mol. The number of hydrogen-bond donors (Lipinski definition) is 2. The summed E-state index contributed by atoms with van der Waals surface area (Å²) in [5, 5.41) is 0.378. The van der Waals surface area contributed by atoms with Crippen LogP contribution in [-0.4, -0.2) is 29.0 Å². The number of hydrazine groups is 1. The van der Waals surface area contributed by atoms with Gasteiger partial charge in [-0.15, -0.1) is 0 Å². The Morgan fingerprint density at radius 1 is 1.21 bits per heavy atom. The van der Waals surface area contributed by atoms with Crippen molar-refractivity contribution in [3.63, 3.8) is 0 Å². The van der Waals surface area contributed by atoms with Gasteiger partial charge in [0.25, 0.3) is 0 Å². The Bertz CT molecular complexity index is 817. The van der Waals surface area contributed by atoms with E-state index in [0.29, 0.717) is 35.3 Å². The van der Waals surface area contributed by atoms with Crippen molar-refractivity contribution >= 4 is 34.7 Å². The smallest absolute Gasteiger partial charge is 0.238 e. The molecule has 3 rings (SSSR count). The van der Waals surface area contributed by atoms with Crippen LogP contribution in [0.25, 0.3) is 0 Å². The minimum absolute atomic E-state index is 0.122. The van der Waals surface area contributed by atoms with Gasteiger partial charge in [0.05, 0.1) is 17.9 Å². The van der Waals surface area contributed by atoms with Crippen LogP contribution in [0.5, 0.6) is 0 Å². The van der Waals surface area contributed by atoms with Crippen molar-refractivity contribution in [2.45, 2.75) is 13.3 Å². The second kappa shape index (κ2) is 7.23. The van der Waals surface area contributed by atoms with Gasteiger partial charge in [-0.25, -0.2) is 9.98 Å². The lowest BCUT2D eigenvalue weighted by Crippen LogP contribution is -2.42. The van der Waals surface area contributed by atoms with Gasteiger partial charge in [-0.1, -0.05) is 48.9 Å². The topological polar surface area (TPSA) is 78.7 Å². The SMILES string of the molecule is CCC(=O)NNC1=Nc2ccc(Cl)nc2C(c2ccccc2)=NC1. The Morgan fingerprint density at radius 3 is 2.75 bits per heavy atom. The number of carbonyl (C=O) groups excluding carboxylic acids is 1. The van der Waals surface area contributed by atoms with Crippen molar-refractivity contribution in [1.29, 1.82) is 0 Å². The van der Waals surface area contributed by atoms with E-state index < -0.39 is 0 Å². The summed E-state index contributed by atoms with van der Waals surface area (Å²) >= 11 is 6.05. The molecule has 0 spiro atoms. The summed E-state index contributed by atoms with van der Waals surface area (Å²) in [7, 11) is 0. The number of rotatable bonds is 2. The van der Waals surface area contributed by atoms with E-state index in [0.717, 1.165) is 11.3 Å². The molecule has 2 N–H and O–H groups in total. The largest absolute Gasteiger partial charge is 0.284 e. The number of pyridine rings is 1. The molecule has 0 radical (unpaired) electrons. The second-order valence-electron chi connectivity index (χ2n) is 5.12. The summed E-state index contributed by atoms with van der Waals surface area (Å²) in [5.41, 5.74) is 8.33. The zero-order valence-electron chi connectivity index (χ0n) is 13.1. The minimum atomic E-state index is -0.122. The molecule has 0 atom stereocenters. The third-order valence-electron chi connectivity index (χ3n) is 3.42.